The van der Waals surface area contributed by atoms with Crippen molar-refractivity contribution in [3.63, 3.8) is 0 Å². The number of benzene rings is 2. The topological polar surface area (TPSA) is 38.3 Å². The molecule has 0 heterocycles. The minimum Gasteiger partial charge on any atom is -0.465 e. The van der Waals surface area contributed by atoms with Gasteiger partial charge in [0.25, 0.3) is 0 Å². The number of esters is 1. The zero-order chi connectivity index (χ0) is 15.2. The third kappa shape index (κ3) is 4.16. The van der Waals surface area contributed by atoms with E-state index in [1.807, 2.05) is 24.3 Å². The molecule has 0 spiro atoms. The molecule has 2 aromatic carbocycles. The van der Waals surface area contributed by atoms with Crippen LogP contribution >= 0.6 is 15.9 Å². The van der Waals surface area contributed by atoms with Crippen LogP contribution in [0.2, 0.25) is 0 Å². The van der Waals surface area contributed by atoms with Crippen molar-refractivity contribution >= 4 is 21.9 Å². The molecule has 0 aliphatic heterocycles. The van der Waals surface area contributed by atoms with Crippen LogP contribution in [0.5, 0.6) is 0 Å². The molecule has 0 saturated carbocycles. The van der Waals surface area contributed by atoms with Crippen LogP contribution in [0.25, 0.3) is 0 Å². The fourth-order valence-electron chi connectivity index (χ4n) is 2.06. The summed E-state index contributed by atoms with van der Waals surface area (Å²) in [7, 11) is 1.38. The Labute approximate surface area is 133 Å². The standard InChI is InChI=1S/C17H18BrNO2/c1-12(13-6-4-3-5-7-13)19-11-15-9-8-14(10-16(15)18)17(20)21-2/h3-10,12,19H,11H2,1-2H3/t12-/m0/s1. The van der Waals surface area contributed by atoms with E-state index < -0.39 is 0 Å². The highest BCUT2D eigenvalue weighted by molar-refractivity contribution is 9.10. The third-order valence-electron chi connectivity index (χ3n) is 3.37. The zero-order valence-electron chi connectivity index (χ0n) is 12.1. The number of nitrogens with one attached hydrogen (secondary N) is 1. The van der Waals surface area contributed by atoms with E-state index in [0.29, 0.717) is 5.56 Å². The van der Waals surface area contributed by atoms with Crippen LogP contribution in [-0.4, -0.2) is 13.1 Å². The molecule has 0 bridgehead atoms. The summed E-state index contributed by atoms with van der Waals surface area (Å²) < 4.78 is 5.61. The minimum atomic E-state index is -0.326. The van der Waals surface area contributed by atoms with E-state index in [1.165, 1.54) is 12.7 Å². The van der Waals surface area contributed by atoms with Gasteiger partial charge >= 0.3 is 5.97 Å². The molecule has 1 atom stereocenters. The summed E-state index contributed by atoms with van der Waals surface area (Å²) in [6, 6.07) is 16.1. The number of carbonyl (C=O) groups is 1. The number of halogens is 1. The molecule has 110 valence electrons. The average Bonchev–Trinajstić information content (AvgIpc) is 2.53. The van der Waals surface area contributed by atoms with Gasteiger partial charge in [0, 0.05) is 17.1 Å². The first kappa shape index (κ1) is 15.7. The first-order valence-electron chi connectivity index (χ1n) is 6.77. The van der Waals surface area contributed by atoms with Crippen molar-refractivity contribution in [2.75, 3.05) is 7.11 Å². The smallest absolute Gasteiger partial charge is 0.337 e. The lowest BCUT2D eigenvalue weighted by atomic mass is 10.1. The number of rotatable bonds is 5. The predicted octanol–water partition coefficient (Wildman–Crippen LogP) is 4.09. The van der Waals surface area contributed by atoms with E-state index in [-0.39, 0.29) is 12.0 Å². The fraction of sp³-hybridized carbons (Fsp3) is 0.235. The Morgan fingerprint density at radius 3 is 2.57 bits per heavy atom. The van der Waals surface area contributed by atoms with Crippen LogP contribution in [0, 0.1) is 0 Å². The highest BCUT2D eigenvalue weighted by Gasteiger charge is 2.10. The van der Waals surface area contributed by atoms with Crippen molar-refractivity contribution in [1.82, 2.24) is 5.32 Å². The number of hydrogen-bond acceptors (Lipinski definition) is 3. The first-order chi connectivity index (χ1) is 10.1. The second-order valence-corrected chi connectivity index (χ2v) is 5.67. The van der Waals surface area contributed by atoms with Gasteiger partial charge in [-0.15, -0.1) is 0 Å². The van der Waals surface area contributed by atoms with Gasteiger partial charge in [0.15, 0.2) is 0 Å². The summed E-state index contributed by atoms with van der Waals surface area (Å²) >= 11 is 3.50. The summed E-state index contributed by atoms with van der Waals surface area (Å²) in [5, 5.41) is 3.47. The summed E-state index contributed by atoms with van der Waals surface area (Å²) in [4.78, 5) is 11.5. The molecule has 1 N–H and O–H groups in total. The van der Waals surface area contributed by atoms with Gasteiger partial charge in [0.2, 0.25) is 0 Å². The molecular weight excluding hydrogens is 330 g/mol. The van der Waals surface area contributed by atoms with Crippen LogP contribution < -0.4 is 5.32 Å². The monoisotopic (exact) mass is 347 g/mol. The Hall–Kier alpha value is -1.65. The van der Waals surface area contributed by atoms with Crippen molar-refractivity contribution in [3.05, 3.63) is 69.7 Å². The Morgan fingerprint density at radius 2 is 1.95 bits per heavy atom. The van der Waals surface area contributed by atoms with Gasteiger partial charge < -0.3 is 10.1 Å². The molecule has 4 heteroatoms. The van der Waals surface area contributed by atoms with Gasteiger partial charge in [-0.25, -0.2) is 4.79 Å². The van der Waals surface area contributed by atoms with E-state index in [0.717, 1.165) is 16.6 Å². The van der Waals surface area contributed by atoms with Crippen molar-refractivity contribution in [1.29, 1.82) is 0 Å². The third-order valence-corrected chi connectivity index (χ3v) is 4.11. The molecule has 0 aliphatic carbocycles. The van der Waals surface area contributed by atoms with E-state index in [2.05, 4.69) is 40.3 Å². The Balaban J connectivity index is 2.02. The molecule has 0 aliphatic rings. The first-order valence-corrected chi connectivity index (χ1v) is 7.56. The maximum Gasteiger partial charge on any atom is 0.337 e. The van der Waals surface area contributed by atoms with E-state index in [1.54, 1.807) is 12.1 Å². The molecule has 21 heavy (non-hydrogen) atoms. The van der Waals surface area contributed by atoms with E-state index in [4.69, 9.17) is 4.74 Å². The molecule has 2 rings (SSSR count). The average molecular weight is 348 g/mol. The summed E-state index contributed by atoms with van der Waals surface area (Å²) in [6.45, 7) is 2.85. The molecule has 0 amide bonds. The van der Waals surface area contributed by atoms with Gasteiger partial charge in [0.05, 0.1) is 12.7 Å². The van der Waals surface area contributed by atoms with Crippen molar-refractivity contribution in [2.45, 2.75) is 19.5 Å². The van der Waals surface area contributed by atoms with Crippen LogP contribution in [0.4, 0.5) is 0 Å². The van der Waals surface area contributed by atoms with Crippen LogP contribution in [0.15, 0.2) is 53.0 Å². The predicted molar refractivity (Wildman–Crippen MR) is 87.2 cm³/mol. The largest absolute Gasteiger partial charge is 0.465 e. The lowest BCUT2D eigenvalue weighted by Gasteiger charge is -2.15. The van der Waals surface area contributed by atoms with Crippen molar-refractivity contribution in [3.8, 4) is 0 Å². The second-order valence-electron chi connectivity index (χ2n) is 4.81. The van der Waals surface area contributed by atoms with Gasteiger partial charge in [-0.2, -0.15) is 0 Å². The van der Waals surface area contributed by atoms with Crippen LogP contribution in [0.3, 0.4) is 0 Å². The molecule has 2 aromatic rings. The Bertz CT molecular complexity index is 613. The molecule has 0 saturated heterocycles. The van der Waals surface area contributed by atoms with Gasteiger partial charge in [0.1, 0.15) is 0 Å². The van der Waals surface area contributed by atoms with Gasteiger partial charge in [-0.3, -0.25) is 0 Å². The lowest BCUT2D eigenvalue weighted by molar-refractivity contribution is 0.0600. The van der Waals surface area contributed by atoms with Gasteiger partial charge in [-0.1, -0.05) is 52.3 Å². The maximum absolute atomic E-state index is 11.5. The number of hydrogen-bond donors (Lipinski definition) is 1. The highest BCUT2D eigenvalue weighted by Crippen LogP contribution is 2.20. The molecular formula is C17H18BrNO2. The van der Waals surface area contributed by atoms with Gasteiger partial charge in [-0.05, 0) is 30.2 Å². The van der Waals surface area contributed by atoms with E-state index >= 15 is 0 Å². The van der Waals surface area contributed by atoms with Crippen molar-refractivity contribution < 1.29 is 9.53 Å². The quantitative estimate of drug-likeness (QED) is 0.828. The maximum atomic E-state index is 11.5. The lowest BCUT2D eigenvalue weighted by Crippen LogP contribution is -2.18. The summed E-state index contributed by atoms with van der Waals surface area (Å²) in [6.07, 6.45) is 0. The normalized spacial score (nSPS) is 12.0. The number of carbonyl (C=O) groups excluding carboxylic acids is 1. The summed E-state index contributed by atoms with van der Waals surface area (Å²) in [5.74, 6) is -0.326. The molecule has 3 nitrogen and oxygen atoms in total. The van der Waals surface area contributed by atoms with Crippen molar-refractivity contribution in [2.24, 2.45) is 0 Å². The van der Waals surface area contributed by atoms with E-state index in [9.17, 15) is 4.79 Å². The fourth-order valence-corrected chi connectivity index (χ4v) is 2.58. The molecule has 0 aromatic heterocycles. The number of methoxy groups -OCH3 is 1. The number of ether oxygens (including phenoxy) is 1. The molecule has 0 unspecified atom stereocenters. The Kier molecular flexibility index (Phi) is 5.53. The summed E-state index contributed by atoms with van der Waals surface area (Å²) in [5.41, 5.74) is 2.90. The SMILES string of the molecule is COC(=O)c1ccc(CN[C@@H](C)c2ccccc2)c(Br)c1. The Morgan fingerprint density at radius 1 is 1.24 bits per heavy atom. The zero-order valence-corrected chi connectivity index (χ0v) is 13.7. The molecule has 0 radical (unpaired) electrons. The highest BCUT2D eigenvalue weighted by atomic mass is 79.9. The minimum absolute atomic E-state index is 0.262. The molecule has 0 fully saturated rings. The van der Waals surface area contributed by atoms with Crippen LogP contribution in [-0.2, 0) is 11.3 Å². The second kappa shape index (κ2) is 7.38. The van der Waals surface area contributed by atoms with Crippen LogP contribution in [0.1, 0.15) is 34.5 Å².